The molecule has 1 fully saturated rings. The van der Waals surface area contributed by atoms with Crippen molar-refractivity contribution in [1.82, 2.24) is 5.32 Å². The highest BCUT2D eigenvalue weighted by Crippen LogP contribution is 2.22. The number of ether oxygens (including phenoxy) is 2. The maximum Gasteiger partial charge on any atom is 0.220 e. The topological polar surface area (TPSA) is 149 Å². The van der Waals surface area contributed by atoms with E-state index in [0.29, 0.717) is 6.42 Å². The largest absolute Gasteiger partial charge is 0.394 e. The zero-order chi connectivity index (χ0) is 48.7. The van der Waals surface area contributed by atoms with E-state index < -0.39 is 49.5 Å². The summed E-state index contributed by atoms with van der Waals surface area (Å²) < 4.78 is 11.2. The van der Waals surface area contributed by atoms with Crippen LogP contribution in [0.15, 0.2) is 122 Å². The summed E-state index contributed by atoms with van der Waals surface area (Å²) in [6, 6.07) is -0.848. The maximum atomic E-state index is 13.0. The van der Waals surface area contributed by atoms with Gasteiger partial charge in [0.25, 0.3) is 0 Å². The molecule has 0 radical (unpaired) electrons. The molecule has 0 bridgehead atoms. The molecule has 0 aromatic heterocycles. The molecule has 6 N–H and O–H groups in total. The predicted molar refractivity (Wildman–Crippen MR) is 280 cm³/mol. The molecule has 0 aromatic rings. The van der Waals surface area contributed by atoms with Gasteiger partial charge >= 0.3 is 0 Å². The second-order valence-corrected chi connectivity index (χ2v) is 17.6. The van der Waals surface area contributed by atoms with Gasteiger partial charge in [0.05, 0.1) is 25.4 Å². The lowest BCUT2D eigenvalue weighted by molar-refractivity contribution is -0.302. The van der Waals surface area contributed by atoms with Gasteiger partial charge in [0, 0.05) is 6.42 Å². The van der Waals surface area contributed by atoms with Gasteiger partial charge in [-0.1, -0.05) is 193 Å². The Hall–Kier alpha value is -3.41. The van der Waals surface area contributed by atoms with Gasteiger partial charge in [0.2, 0.25) is 5.91 Å². The Bertz CT molecular complexity index is 1460. The van der Waals surface area contributed by atoms with Gasteiger partial charge in [-0.25, -0.2) is 0 Å². The van der Waals surface area contributed by atoms with E-state index >= 15 is 0 Å². The first-order chi connectivity index (χ1) is 32.8. The van der Waals surface area contributed by atoms with Crippen molar-refractivity contribution in [3.63, 3.8) is 0 Å². The molecule has 67 heavy (non-hydrogen) atoms. The first-order valence-electron chi connectivity index (χ1n) is 26.3. The van der Waals surface area contributed by atoms with Gasteiger partial charge in [-0.3, -0.25) is 4.79 Å². The molecule has 380 valence electrons. The van der Waals surface area contributed by atoms with Crippen LogP contribution in [-0.2, 0) is 14.3 Å². The second kappa shape index (κ2) is 46.3. The Balaban J connectivity index is 2.34. The summed E-state index contributed by atoms with van der Waals surface area (Å²) in [6.07, 6.45) is 62.4. The third kappa shape index (κ3) is 36.3. The first-order valence-corrected chi connectivity index (χ1v) is 26.3. The first kappa shape index (κ1) is 61.6. The van der Waals surface area contributed by atoms with Crippen molar-refractivity contribution in [2.45, 2.75) is 224 Å². The lowest BCUT2D eigenvalue weighted by Crippen LogP contribution is -2.60. The van der Waals surface area contributed by atoms with Crippen molar-refractivity contribution < 1.29 is 39.8 Å². The van der Waals surface area contributed by atoms with E-state index in [2.05, 4.69) is 129 Å². The summed E-state index contributed by atoms with van der Waals surface area (Å²) in [5.74, 6) is -0.216. The molecule has 0 aromatic carbocycles. The van der Waals surface area contributed by atoms with Crippen LogP contribution in [-0.4, -0.2) is 87.5 Å². The Morgan fingerprint density at radius 3 is 1.43 bits per heavy atom. The minimum Gasteiger partial charge on any atom is -0.394 e. The molecule has 9 nitrogen and oxygen atoms in total. The molecule has 0 spiro atoms. The molecule has 9 heteroatoms. The molecular formula is C58H95NO8. The van der Waals surface area contributed by atoms with Crippen LogP contribution < -0.4 is 5.32 Å². The highest BCUT2D eigenvalue weighted by atomic mass is 16.7. The van der Waals surface area contributed by atoms with Crippen molar-refractivity contribution in [3.05, 3.63) is 122 Å². The molecule has 0 aliphatic carbocycles. The lowest BCUT2D eigenvalue weighted by Gasteiger charge is -2.40. The third-order valence-corrected chi connectivity index (χ3v) is 11.5. The minimum absolute atomic E-state index is 0.216. The summed E-state index contributed by atoms with van der Waals surface area (Å²) in [5.41, 5.74) is 0. The molecular weight excluding hydrogens is 839 g/mol. The van der Waals surface area contributed by atoms with Crippen LogP contribution in [0.5, 0.6) is 0 Å². The SMILES string of the molecule is CC/C=C\C/C=C\C/C=C\C/C=C\C/C=C\C/C=C\C/C=C\CCCCCCCC(=O)NC(COC1OC(CO)C(O)C(O)C1O)C(O)/C=C/CC/C=C/CC/C=C/CCCCCCCCC. The zero-order valence-corrected chi connectivity index (χ0v) is 41.8. The summed E-state index contributed by atoms with van der Waals surface area (Å²) in [7, 11) is 0. The number of allylic oxidation sites excluding steroid dienone is 19. The average Bonchev–Trinajstić information content (AvgIpc) is 3.33. The van der Waals surface area contributed by atoms with Crippen molar-refractivity contribution in [1.29, 1.82) is 0 Å². The highest BCUT2D eigenvalue weighted by Gasteiger charge is 2.44. The van der Waals surface area contributed by atoms with Crippen LogP contribution >= 0.6 is 0 Å². The summed E-state index contributed by atoms with van der Waals surface area (Å²) in [4.78, 5) is 13.0. The standard InChI is InChI=1S/C58H95NO8/c1-3-5-7-9-11-13-15-17-19-21-22-23-24-25-26-27-28-29-30-32-34-36-38-40-42-44-46-48-54(62)59-51(50-66-58-57(65)56(64)55(63)53(49-60)67-58)52(61)47-45-43-41-39-37-35-33-31-20-18-16-14-12-10-8-6-4-2/h5,7,11,13,17,19-20,22-23,25-26,28-29,31-32,34,37,39,45,47,51-53,55-58,60-61,63-65H,3-4,6,8-10,12,14-16,18,21,24,27,30,33,35-36,38,40-44,46,48-50H2,1-2H3,(H,59,62)/b7-5-,13-11-,19-17-,23-22-,26-25-,29-28-,31-20+,34-32-,39-37+,47-45+. The van der Waals surface area contributed by atoms with E-state index in [1.807, 2.05) is 6.08 Å². The normalized spacial score (nSPS) is 20.7. The van der Waals surface area contributed by atoms with Gasteiger partial charge in [-0.15, -0.1) is 0 Å². The van der Waals surface area contributed by atoms with E-state index in [1.54, 1.807) is 6.08 Å². The Morgan fingerprint density at radius 1 is 0.522 bits per heavy atom. The van der Waals surface area contributed by atoms with Crippen molar-refractivity contribution in [2.75, 3.05) is 13.2 Å². The molecule has 7 atom stereocenters. The number of aliphatic hydroxyl groups is 5. The van der Waals surface area contributed by atoms with Crippen molar-refractivity contribution in [2.24, 2.45) is 0 Å². The Kier molecular flexibility index (Phi) is 42.6. The fourth-order valence-electron chi connectivity index (χ4n) is 7.34. The van der Waals surface area contributed by atoms with Gasteiger partial charge < -0.3 is 40.3 Å². The van der Waals surface area contributed by atoms with Crippen LogP contribution in [0.1, 0.15) is 181 Å². The quantitative estimate of drug-likeness (QED) is 0.0262. The number of rotatable bonds is 42. The second-order valence-electron chi connectivity index (χ2n) is 17.6. The average molecular weight is 934 g/mol. The van der Waals surface area contributed by atoms with Crippen molar-refractivity contribution in [3.8, 4) is 0 Å². The molecule has 1 aliphatic heterocycles. The molecule has 1 rings (SSSR count). The summed E-state index contributed by atoms with van der Waals surface area (Å²) in [5, 5.41) is 54.3. The molecule has 7 unspecified atom stereocenters. The van der Waals surface area contributed by atoms with Crippen molar-refractivity contribution >= 4 is 5.91 Å². The minimum atomic E-state index is -1.59. The number of hydrogen-bond donors (Lipinski definition) is 6. The van der Waals surface area contributed by atoms with Gasteiger partial charge in [0.15, 0.2) is 6.29 Å². The number of hydrogen-bond acceptors (Lipinski definition) is 8. The zero-order valence-electron chi connectivity index (χ0n) is 41.8. The summed E-state index contributed by atoms with van der Waals surface area (Å²) in [6.45, 7) is 3.60. The van der Waals surface area contributed by atoms with Crippen LogP contribution in [0.4, 0.5) is 0 Å². The maximum absolute atomic E-state index is 13.0. The van der Waals surface area contributed by atoms with E-state index in [-0.39, 0.29) is 12.5 Å². The molecule has 1 aliphatic rings. The monoisotopic (exact) mass is 934 g/mol. The Morgan fingerprint density at radius 2 is 0.940 bits per heavy atom. The number of amides is 1. The number of nitrogens with one attached hydrogen (secondary N) is 1. The summed E-state index contributed by atoms with van der Waals surface area (Å²) >= 11 is 0. The number of unbranched alkanes of at least 4 members (excludes halogenated alkanes) is 14. The lowest BCUT2D eigenvalue weighted by atomic mass is 9.99. The van der Waals surface area contributed by atoms with Gasteiger partial charge in [0.1, 0.15) is 24.4 Å². The smallest absolute Gasteiger partial charge is 0.220 e. The van der Waals surface area contributed by atoms with Crippen LogP contribution in [0.2, 0.25) is 0 Å². The Labute approximate surface area is 408 Å². The third-order valence-electron chi connectivity index (χ3n) is 11.5. The molecule has 1 heterocycles. The number of carbonyl (C=O) groups excluding carboxylic acids is 1. The fourth-order valence-corrected chi connectivity index (χ4v) is 7.34. The van der Waals surface area contributed by atoms with E-state index in [0.717, 1.165) is 116 Å². The van der Waals surface area contributed by atoms with Crippen LogP contribution in [0.25, 0.3) is 0 Å². The van der Waals surface area contributed by atoms with E-state index in [1.165, 1.54) is 44.9 Å². The van der Waals surface area contributed by atoms with Gasteiger partial charge in [-0.05, 0) is 103 Å². The number of aliphatic hydroxyl groups excluding tert-OH is 5. The molecule has 1 amide bonds. The highest BCUT2D eigenvalue weighted by molar-refractivity contribution is 5.76. The number of carbonyl (C=O) groups is 1. The van der Waals surface area contributed by atoms with E-state index in [9.17, 15) is 30.3 Å². The molecule has 0 saturated carbocycles. The van der Waals surface area contributed by atoms with Crippen LogP contribution in [0.3, 0.4) is 0 Å². The van der Waals surface area contributed by atoms with Gasteiger partial charge in [-0.2, -0.15) is 0 Å². The molecule has 1 saturated heterocycles. The van der Waals surface area contributed by atoms with Crippen LogP contribution in [0, 0.1) is 0 Å². The predicted octanol–water partition coefficient (Wildman–Crippen LogP) is 12.4. The fraction of sp³-hybridized carbons (Fsp3) is 0.638. The van der Waals surface area contributed by atoms with E-state index in [4.69, 9.17) is 9.47 Å².